The zero-order chi connectivity index (χ0) is 20.1. The lowest BCUT2D eigenvalue weighted by Gasteiger charge is -2.42. The van der Waals surface area contributed by atoms with Crippen LogP contribution in [0.1, 0.15) is 19.4 Å². The van der Waals surface area contributed by atoms with E-state index in [1.54, 1.807) is 18.1 Å². The number of hydrogen-bond donors (Lipinski definition) is 1. The summed E-state index contributed by atoms with van der Waals surface area (Å²) >= 11 is 0. The van der Waals surface area contributed by atoms with Gasteiger partial charge >= 0.3 is 0 Å². The van der Waals surface area contributed by atoms with E-state index >= 15 is 0 Å². The van der Waals surface area contributed by atoms with Gasteiger partial charge in [-0.3, -0.25) is 14.6 Å². The van der Waals surface area contributed by atoms with Gasteiger partial charge in [0.1, 0.15) is 0 Å². The van der Waals surface area contributed by atoms with Gasteiger partial charge in [0.15, 0.2) is 5.60 Å². The summed E-state index contributed by atoms with van der Waals surface area (Å²) in [5, 5.41) is 2.72. The molecule has 0 spiro atoms. The number of benzene rings is 1. The number of carbonyl (C=O) groups excluding carboxylic acids is 2. The number of likely N-dealkylation sites (N-methyl/N-ethyl adjacent to an activating group) is 1. The molecule has 0 bridgehead atoms. The fourth-order valence-electron chi connectivity index (χ4n) is 3.61. The first-order chi connectivity index (χ1) is 13.4. The Bertz CT molecular complexity index is 838. The fraction of sp³-hybridized carbons (Fsp3) is 0.409. The SMILES string of the molecule is CNC(=O)C1(Cc2cccc(-c3cccnc3)c2)CN(C(=O)C(C)C)CCO1. The maximum atomic E-state index is 12.8. The van der Waals surface area contributed by atoms with Crippen LogP contribution in [-0.4, -0.2) is 54.0 Å². The van der Waals surface area contributed by atoms with Crippen molar-refractivity contribution < 1.29 is 14.3 Å². The lowest BCUT2D eigenvalue weighted by molar-refractivity contribution is -0.167. The van der Waals surface area contributed by atoms with Crippen LogP contribution in [0.3, 0.4) is 0 Å². The van der Waals surface area contributed by atoms with Gasteiger partial charge in [0.2, 0.25) is 5.91 Å². The van der Waals surface area contributed by atoms with Crippen LogP contribution in [0.2, 0.25) is 0 Å². The second kappa shape index (κ2) is 8.52. The molecule has 1 N–H and O–H groups in total. The molecule has 1 aliphatic rings. The topological polar surface area (TPSA) is 71.5 Å². The highest BCUT2D eigenvalue weighted by molar-refractivity contribution is 5.87. The van der Waals surface area contributed by atoms with Crippen LogP contribution in [0.15, 0.2) is 48.8 Å². The molecule has 1 aromatic carbocycles. The summed E-state index contributed by atoms with van der Waals surface area (Å²) in [5.74, 6) is -0.282. The monoisotopic (exact) mass is 381 g/mol. The van der Waals surface area contributed by atoms with Gasteiger partial charge < -0.3 is 15.0 Å². The molecule has 1 aliphatic heterocycles. The predicted octanol–water partition coefficient (Wildman–Crippen LogP) is 2.29. The third-order valence-corrected chi connectivity index (χ3v) is 5.04. The number of amides is 2. The summed E-state index contributed by atoms with van der Waals surface area (Å²) in [7, 11) is 1.60. The second-order valence-electron chi connectivity index (χ2n) is 7.46. The van der Waals surface area contributed by atoms with Gasteiger partial charge in [0.25, 0.3) is 5.91 Å². The number of nitrogens with zero attached hydrogens (tertiary/aromatic N) is 2. The van der Waals surface area contributed by atoms with Gasteiger partial charge in [-0.05, 0) is 22.8 Å². The third kappa shape index (κ3) is 4.22. The Morgan fingerprint density at radius 1 is 1.25 bits per heavy atom. The van der Waals surface area contributed by atoms with Crippen LogP contribution in [-0.2, 0) is 20.7 Å². The molecule has 1 unspecified atom stereocenters. The number of carbonyl (C=O) groups is 2. The smallest absolute Gasteiger partial charge is 0.254 e. The quantitative estimate of drug-likeness (QED) is 0.863. The second-order valence-corrected chi connectivity index (χ2v) is 7.46. The number of rotatable bonds is 5. The maximum Gasteiger partial charge on any atom is 0.254 e. The molecule has 6 nitrogen and oxygen atoms in total. The van der Waals surface area contributed by atoms with Crippen LogP contribution < -0.4 is 5.32 Å². The summed E-state index contributed by atoms with van der Waals surface area (Å²) in [4.78, 5) is 31.2. The number of ether oxygens (including phenoxy) is 1. The number of pyridine rings is 1. The first kappa shape index (κ1) is 20.0. The molecule has 6 heteroatoms. The molecule has 2 amide bonds. The normalized spacial score (nSPS) is 19.5. The van der Waals surface area contributed by atoms with E-state index in [0.29, 0.717) is 19.6 Å². The van der Waals surface area contributed by atoms with Crippen molar-refractivity contribution in [2.45, 2.75) is 25.9 Å². The first-order valence-corrected chi connectivity index (χ1v) is 9.59. The number of hydrogen-bond acceptors (Lipinski definition) is 4. The third-order valence-electron chi connectivity index (χ3n) is 5.04. The van der Waals surface area contributed by atoms with Crippen molar-refractivity contribution in [3.05, 3.63) is 54.4 Å². The molecule has 0 radical (unpaired) electrons. The first-order valence-electron chi connectivity index (χ1n) is 9.59. The average molecular weight is 381 g/mol. The van der Waals surface area contributed by atoms with E-state index in [0.717, 1.165) is 16.7 Å². The van der Waals surface area contributed by atoms with Crippen molar-refractivity contribution in [1.82, 2.24) is 15.2 Å². The Hall–Kier alpha value is -2.73. The molecule has 148 valence electrons. The van der Waals surface area contributed by atoms with Crippen molar-refractivity contribution in [2.75, 3.05) is 26.7 Å². The Balaban J connectivity index is 1.89. The van der Waals surface area contributed by atoms with Gasteiger partial charge in [-0.25, -0.2) is 0 Å². The van der Waals surface area contributed by atoms with Crippen molar-refractivity contribution in [3.8, 4) is 11.1 Å². The summed E-state index contributed by atoms with van der Waals surface area (Å²) in [6.45, 7) is 4.84. The molecular formula is C22H27N3O3. The van der Waals surface area contributed by atoms with Crippen molar-refractivity contribution in [2.24, 2.45) is 5.92 Å². The van der Waals surface area contributed by atoms with Gasteiger partial charge in [-0.15, -0.1) is 0 Å². The molecule has 0 saturated carbocycles. The van der Waals surface area contributed by atoms with E-state index in [9.17, 15) is 9.59 Å². The van der Waals surface area contributed by atoms with Crippen molar-refractivity contribution >= 4 is 11.8 Å². The zero-order valence-corrected chi connectivity index (χ0v) is 16.6. The lowest BCUT2D eigenvalue weighted by Crippen LogP contribution is -2.62. The Morgan fingerprint density at radius 3 is 2.71 bits per heavy atom. The molecule has 28 heavy (non-hydrogen) atoms. The standard InChI is InChI=1S/C22H27N3O3/c1-16(2)20(26)25-10-11-28-22(15-25,21(27)23-3)13-17-6-4-7-18(12-17)19-8-5-9-24-14-19/h4-9,12,14,16H,10-11,13,15H2,1-3H3,(H,23,27). The van der Waals surface area contributed by atoms with E-state index in [2.05, 4.69) is 10.3 Å². The lowest BCUT2D eigenvalue weighted by atomic mass is 9.89. The van der Waals surface area contributed by atoms with E-state index in [4.69, 9.17) is 4.74 Å². The molecular weight excluding hydrogens is 354 g/mol. The minimum atomic E-state index is -1.09. The summed E-state index contributed by atoms with van der Waals surface area (Å²) in [6, 6.07) is 11.9. The van der Waals surface area contributed by atoms with Crippen molar-refractivity contribution in [1.29, 1.82) is 0 Å². The Kier molecular flexibility index (Phi) is 6.09. The molecule has 2 heterocycles. The van der Waals surface area contributed by atoms with Gasteiger partial charge in [-0.1, -0.05) is 44.2 Å². The molecule has 1 atom stereocenters. The molecule has 3 rings (SSSR count). The predicted molar refractivity (Wildman–Crippen MR) is 108 cm³/mol. The van der Waals surface area contributed by atoms with Gasteiger partial charge in [-0.2, -0.15) is 0 Å². The molecule has 2 aromatic rings. The van der Waals surface area contributed by atoms with Crippen molar-refractivity contribution in [3.63, 3.8) is 0 Å². The Morgan fingerprint density at radius 2 is 2.04 bits per heavy atom. The summed E-state index contributed by atoms with van der Waals surface area (Å²) in [6.07, 6.45) is 3.94. The highest BCUT2D eigenvalue weighted by Crippen LogP contribution is 2.27. The fourth-order valence-corrected chi connectivity index (χ4v) is 3.61. The van der Waals surface area contributed by atoms with Crippen LogP contribution in [0, 0.1) is 5.92 Å². The van der Waals surface area contributed by atoms with Gasteiger partial charge in [0.05, 0.1) is 13.2 Å². The van der Waals surface area contributed by atoms with Crippen LogP contribution in [0.4, 0.5) is 0 Å². The maximum absolute atomic E-state index is 12.8. The summed E-state index contributed by atoms with van der Waals surface area (Å²) in [5.41, 5.74) is 1.93. The van der Waals surface area contributed by atoms with E-state index in [1.165, 1.54) is 0 Å². The molecule has 0 aliphatic carbocycles. The minimum Gasteiger partial charge on any atom is -0.361 e. The number of aromatic nitrogens is 1. The average Bonchev–Trinajstić information content (AvgIpc) is 2.73. The van der Waals surface area contributed by atoms with Gasteiger partial charge in [0, 0.05) is 38.3 Å². The largest absolute Gasteiger partial charge is 0.361 e. The summed E-state index contributed by atoms with van der Waals surface area (Å²) < 4.78 is 6.01. The van der Waals surface area contributed by atoms with Crippen LogP contribution >= 0.6 is 0 Å². The van der Waals surface area contributed by atoms with E-state index < -0.39 is 5.60 Å². The van der Waals surface area contributed by atoms with Crippen LogP contribution in [0.25, 0.3) is 11.1 Å². The highest BCUT2D eigenvalue weighted by Gasteiger charge is 2.44. The number of nitrogens with one attached hydrogen (secondary N) is 1. The highest BCUT2D eigenvalue weighted by atomic mass is 16.5. The van der Waals surface area contributed by atoms with E-state index in [-0.39, 0.29) is 24.3 Å². The zero-order valence-electron chi connectivity index (χ0n) is 16.6. The van der Waals surface area contributed by atoms with Crippen LogP contribution in [0.5, 0.6) is 0 Å². The number of morpholine rings is 1. The minimum absolute atomic E-state index is 0.0423. The Labute approximate surface area is 165 Å². The van der Waals surface area contributed by atoms with E-state index in [1.807, 2.05) is 56.4 Å². The molecule has 1 fully saturated rings. The molecule has 1 saturated heterocycles. The molecule has 1 aromatic heterocycles.